The second-order valence-electron chi connectivity index (χ2n) is 10.1. The number of benzene rings is 2. The molecular weight excluding hydrogens is 426 g/mol. The summed E-state index contributed by atoms with van der Waals surface area (Å²) >= 11 is 0. The van der Waals surface area contributed by atoms with E-state index in [1.807, 2.05) is 11.0 Å². The second kappa shape index (κ2) is 10.6. The fourth-order valence-electron chi connectivity index (χ4n) is 5.74. The molecule has 1 N–H and O–H groups in total. The van der Waals surface area contributed by atoms with Gasteiger partial charge in [0.2, 0.25) is 0 Å². The molecule has 0 unspecified atom stereocenters. The van der Waals surface area contributed by atoms with E-state index in [0.717, 1.165) is 69.5 Å². The first-order valence-corrected chi connectivity index (χ1v) is 12.7. The largest absolute Gasteiger partial charge is 0.390 e. The van der Waals surface area contributed by atoms with Gasteiger partial charge in [-0.1, -0.05) is 36.4 Å². The first-order chi connectivity index (χ1) is 16.6. The first kappa shape index (κ1) is 23.5. The van der Waals surface area contributed by atoms with E-state index in [0.29, 0.717) is 25.7 Å². The molecule has 1 atom stereocenters. The lowest BCUT2D eigenvalue weighted by Crippen LogP contribution is -2.46. The number of rotatable bonds is 7. The second-order valence-corrected chi connectivity index (χ2v) is 10.1. The Labute approximate surface area is 203 Å². The van der Waals surface area contributed by atoms with Crippen molar-refractivity contribution >= 4 is 5.91 Å². The summed E-state index contributed by atoms with van der Waals surface area (Å²) in [5, 5.41) is 10.8. The van der Waals surface area contributed by atoms with Gasteiger partial charge in [-0.15, -0.1) is 0 Å². The fraction of sp³-hybridized carbons (Fsp3) is 0.536. The number of fused-ring (bicyclic) bond motifs is 2. The molecule has 0 aromatic heterocycles. The molecular formula is C28H37N3O3. The molecule has 0 radical (unpaired) electrons. The van der Waals surface area contributed by atoms with E-state index in [-0.39, 0.29) is 5.91 Å². The number of aliphatic hydroxyl groups is 1. The van der Waals surface area contributed by atoms with Crippen molar-refractivity contribution in [3.8, 4) is 0 Å². The van der Waals surface area contributed by atoms with Crippen molar-refractivity contribution in [1.82, 2.24) is 14.7 Å². The summed E-state index contributed by atoms with van der Waals surface area (Å²) in [5.41, 5.74) is 5.99. The molecule has 2 aromatic rings. The van der Waals surface area contributed by atoms with Crippen molar-refractivity contribution in [2.24, 2.45) is 0 Å². The summed E-state index contributed by atoms with van der Waals surface area (Å²) < 4.78 is 5.48. The van der Waals surface area contributed by atoms with E-state index in [1.165, 1.54) is 16.7 Å². The summed E-state index contributed by atoms with van der Waals surface area (Å²) in [6.45, 7) is 6.54. The third-order valence-electron chi connectivity index (χ3n) is 7.72. The number of likely N-dealkylation sites (tertiary alicyclic amines) is 1. The van der Waals surface area contributed by atoms with Gasteiger partial charge in [0.25, 0.3) is 5.91 Å². The van der Waals surface area contributed by atoms with E-state index >= 15 is 0 Å². The lowest BCUT2D eigenvalue weighted by molar-refractivity contribution is 0.0388. The number of ether oxygens (including phenoxy) is 1. The van der Waals surface area contributed by atoms with Gasteiger partial charge in [0.05, 0.1) is 12.2 Å². The van der Waals surface area contributed by atoms with Crippen molar-refractivity contribution in [3.63, 3.8) is 0 Å². The zero-order valence-corrected chi connectivity index (χ0v) is 20.3. The zero-order valence-electron chi connectivity index (χ0n) is 20.3. The van der Waals surface area contributed by atoms with Crippen LogP contribution in [0.2, 0.25) is 0 Å². The highest BCUT2D eigenvalue weighted by molar-refractivity contribution is 5.96. The lowest BCUT2D eigenvalue weighted by atomic mass is 9.95. The van der Waals surface area contributed by atoms with Crippen LogP contribution in [0.4, 0.5) is 0 Å². The highest BCUT2D eigenvalue weighted by atomic mass is 16.5. The number of β-amino-alcohol motifs (C(OH)–C–C–N with tert-alkyl or cyclic N) is 1. The summed E-state index contributed by atoms with van der Waals surface area (Å²) in [6.07, 6.45) is 3.90. The molecule has 182 valence electrons. The van der Waals surface area contributed by atoms with Gasteiger partial charge in [-0.05, 0) is 54.0 Å². The molecule has 3 heterocycles. The average Bonchev–Trinajstić information content (AvgIpc) is 2.86. The number of aliphatic hydroxyl groups excluding tert-OH is 1. The van der Waals surface area contributed by atoms with Crippen LogP contribution in [0, 0.1) is 0 Å². The van der Waals surface area contributed by atoms with Gasteiger partial charge in [-0.3, -0.25) is 14.6 Å². The summed E-state index contributed by atoms with van der Waals surface area (Å²) in [6, 6.07) is 14.9. The Morgan fingerprint density at radius 2 is 1.71 bits per heavy atom. The molecule has 5 rings (SSSR count). The normalized spacial score (nSPS) is 20.8. The van der Waals surface area contributed by atoms with Crippen LogP contribution in [0.25, 0.3) is 0 Å². The van der Waals surface area contributed by atoms with Crippen molar-refractivity contribution in [2.75, 3.05) is 46.4 Å². The van der Waals surface area contributed by atoms with Crippen LogP contribution >= 0.6 is 0 Å². The number of carbonyl (C=O) groups is 1. The molecule has 0 aliphatic carbocycles. The molecule has 1 saturated heterocycles. The average molecular weight is 464 g/mol. The number of amides is 1. The molecule has 2 aromatic carbocycles. The molecule has 3 aliphatic rings. The SMILES string of the molecule is COC1CCN(Cc2ccc3c(c2)CCN(C[C@H](O)CN2CCc4ccccc4C2)C3=O)CC1. The minimum Gasteiger partial charge on any atom is -0.390 e. The summed E-state index contributed by atoms with van der Waals surface area (Å²) in [5.74, 6) is 0.0525. The lowest BCUT2D eigenvalue weighted by Gasteiger charge is -2.34. The maximum absolute atomic E-state index is 13.2. The Bertz CT molecular complexity index is 1000. The number of carbonyl (C=O) groups excluding carboxylic acids is 1. The summed E-state index contributed by atoms with van der Waals surface area (Å²) in [7, 11) is 1.80. The predicted molar refractivity (Wildman–Crippen MR) is 133 cm³/mol. The van der Waals surface area contributed by atoms with Crippen molar-refractivity contribution < 1.29 is 14.6 Å². The Morgan fingerprint density at radius 3 is 2.50 bits per heavy atom. The monoisotopic (exact) mass is 463 g/mol. The van der Waals surface area contributed by atoms with Crippen LogP contribution in [-0.4, -0.2) is 84.3 Å². The van der Waals surface area contributed by atoms with Gasteiger partial charge >= 0.3 is 0 Å². The maximum atomic E-state index is 13.2. The number of methoxy groups -OCH3 is 1. The topological polar surface area (TPSA) is 56.2 Å². The number of piperidine rings is 1. The highest BCUT2D eigenvalue weighted by Gasteiger charge is 2.28. The van der Waals surface area contributed by atoms with E-state index in [2.05, 4.69) is 46.2 Å². The standard InChI is InChI=1S/C28H37N3O3/c1-34-26-10-13-29(14-11-26)17-21-6-7-27-23(16-21)9-15-31(28(27)33)20-25(32)19-30-12-8-22-4-2-3-5-24(22)18-30/h2-7,16,25-26,32H,8-15,17-20H2,1H3/t25-/m1/s1. The minimum atomic E-state index is -0.537. The molecule has 0 saturated carbocycles. The first-order valence-electron chi connectivity index (χ1n) is 12.7. The third-order valence-corrected chi connectivity index (χ3v) is 7.72. The number of nitrogens with zero attached hydrogens (tertiary/aromatic N) is 3. The van der Waals surface area contributed by atoms with E-state index in [1.54, 1.807) is 7.11 Å². The Kier molecular flexibility index (Phi) is 7.30. The van der Waals surface area contributed by atoms with Gasteiger partial charge in [-0.25, -0.2) is 0 Å². The van der Waals surface area contributed by atoms with Gasteiger partial charge in [-0.2, -0.15) is 0 Å². The van der Waals surface area contributed by atoms with Gasteiger partial charge in [0, 0.05) is 65.0 Å². The molecule has 3 aliphatic heterocycles. The maximum Gasteiger partial charge on any atom is 0.254 e. The fourth-order valence-corrected chi connectivity index (χ4v) is 5.74. The smallest absolute Gasteiger partial charge is 0.254 e. The predicted octanol–water partition coefficient (Wildman–Crippen LogP) is 2.71. The van der Waals surface area contributed by atoms with Crippen LogP contribution < -0.4 is 0 Å². The molecule has 6 heteroatoms. The molecule has 0 bridgehead atoms. The van der Waals surface area contributed by atoms with Crippen LogP contribution in [0.15, 0.2) is 42.5 Å². The molecule has 6 nitrogen and oxygen atoms in total. The Balaban J connectivity index is 1.14. The van der Waals surface area contributed by atoms with Crippen molar-refractivity contribution in [3.05, 3.63) is 70.3 Å². The van der Waals surface area contributed by atoms with Crippen LogP contribution in [0.5, 0.6) is 0 Å². The summed E-state index contributed by atoms with van der Waals surface area (Å²) in [4.78, 5) is 19.8. The molecule has 0 spiro atoms. The van der Waals surface area contributed by atoms with Crippen LogP contribution in [0.3, 0.4) is 0 Å². The number of hydrogen-bond donors (Lipinski definition) is 1. The highest BCUT2D eigenvalue weighted by Crippen LogP contribution is 2.24. The van der Waals surface area contributed by atoms with Gasteiger partial charge in [0.15, 0.2) is 0 Å². The number of hydrogen-bond acceptors (Lipinski definition) is 5. The van der Waals surface area contributed by atoms with Gasteiger partial charge in [0.1, 0.15) is 0 Å². The van der Waals surface area contributed by atoms with Crippen molar-refractivity contribution in [2.45, 2.75) is 51.0 Å². The van der Waals surface area contributed by atoms with Gasteiger partial charge < -0.3 is 14.7 Å². The van der Waals surface area contributed by atoms with Crippen LogP contribution in [-0.2, 0) is 30.7 Å². The Morgan fingerprint density at radius 1 is 0.941 bits per heavy atom. The molecule has 1 amide bonds. The Hall–Kier alpha value is -2.25. The minimum absolute atomic E-state index is 0.0525. The third kappa shape index (κ3) is 5.36. The van der Waals surface area contributed by atoms with E-state index in [4.69, 9.17) is 4.74 Å². The van der Waals surface area contributed by atoms with Crippen LogP contribution in [0.1, 0.15) is 45.5 Å². The quantitative estimate of drug-likeness (QED) is 0.684. The molecule has 1 fully saturated rings. The zero-order chi connectivity index (χ0) is 23.5. The van der Waals surface area contributed by atoms with Crippen molar-refractivity contribution in [1.29, 1.82) is 0 Å². The van der Waals surface area contributed by atoms with E-state index < -0.39 is 6.10 Å². The molecule has 34 heavy (non-hydrogen) atoms. The van der Waals surface area contributed by atoms with E-state index in [9.17, 15) is 9.90 Å².